The van der Waals surface area contributed by atoms with Crippen molar-refractivity contribution in [2.45, 2.75) is 65.5 Å². The van der Waals surface area contributed by atoms with E-state index >= 15 is 0 Å². The lowest BCUT2D eigenvalue weighted by Crippen LogP contribution is -2.67. The molecule has 1 heterocycles. The molecule has 2 N–H and O–H groups in total. The highest BCUT2D eigenvalue weighted by Gasteiger charge is 2.51. The smallest absolute Gasteiger partial charge is 0.0345 e. The van der Waals surface area contributed by atoms with Crippen molar-refractivity contribution in [1.29, 1.82) is 0 Å². The average Bonchev–Trinajstić information content (AvgIpc) is 2.24. The van der Waals surface area contributed by atoms with Gasteiger partial charge >= 0.3 is 0 Å². The van der Waals surface area contributed by atoms with Gasteiger partial charge in [0.25, 0.3) is 0 Å². The summed E-state index contributed by atoms with van der Waals surface area (Å²) in [4.78, 5) is 5.19. The lowest BCUT2D eigenvalue weighted by molar-refractivity contribution is -0.0793. The zero-order valence-corrected chi connectivity index (χ0v) is 14.5. The first-order chi connectivity index (χ1) is 9.09. The van der Waals surface area contributed by atoms with Gasteiger partial charge in [-0.05, 0) is 44.1 Å². The predicted octanol–water partition coefficient (Wildman–Crippen LogP) is 2.56. The summed E-state index contributed by atoms with van der Waals surface area (Å²) in [5, 5.41) is 0. The van der Waals surface area contributed by atoms with E-state index in [0.29, 0.717) is 16.9 Å². The maximum atomic E-state index is 6.35. The summed E-state index contributed by atoms with van der Waals surface area (Å²) < 4.78 is 0. The van der Waals surface area contributed by atoms with E-state index in [-0.39, 0.29) is 5.54 Å². The van der Waals surface area contributed by atoms with Gasteiger partial charge in [0.2, 0.25) is 0 Å². The number of piperazine rings is 1. The molecule has 118 valence electrons. The predicted molar refractivity (Wildman–Crippen MR) is 86.9 cm³/mol. The van der Waals surface area contributed by atoms with E-state index in [1.165, 1.54) is 38.9 Å². The minimum Gasteiger partial charge on any atom is -0.329 e. The Hall–Kier alpha value is -0.120. The zero-order chi connectivity index (χ0) is 15.2. The van der Waals surface area contributed by atoms with Gasteiger partial charge in [0.1, 0.15) is 0 Å². The van der Waals surface area contributed by atoms with Crippen molar-refractivity contribution in [1.82, 2.24) is 9.80 Å². The minimum absolute atomic E-state index is 0.200. The van der Waals surface area contributed by atoms with Crippen LogP contribution in [0.15, 0.2) is 0 Å². The van der Waals surface area contributed by atoms with Crippen LogP contribution in [0.25, 0.3) is 0 Å². The molecule has 2 rings (SSSR count). The third-order valence-electron chi connectivity index (χ3n) is 5.39. The van der Waals surface area contributed by atoms with Crippen LogP contribution in [0, 0.1) is 10.8 Å². The van der Waals surface area contributed by atoms with Crippen LogP contribution in [0.5, 0.6) is 0 Å². The fourth-order valence-electron chi connectivity index (χ4n) is 5.57. The molecule has 3 heteroatoms. The maximum absolute atomic E-state index is 6.35. The minimum atomic E-state index is 0.200. The lowest BCUT2D eigenvalue weighted by Gasteiger charge is -2.59. The highest BCUT2D eigenvalue weighted by molar-refractivity contribution is 5.06. The van der Waals surface area contributed by atoms with Crippen molar-refractivity contribution in [3.05, 3.63) is 0 Å². The molecule has 1 aliphatic heterocycles. The van der Waals surface area contributed by atoms with Crippen molar-refractivity contribution < 1.29 is 0 Å². The van der Waals surface area contributed by atoms with Crippen LogP contribution < -0.4 is 5.73 Å². The van der Waals surface area contributed by atoms with E-state index in [9.17, 15) is 0 Å². The van der Waals surface area contributed by atoms with Crippen molar-refractivity contribution in [3.8, 4) is 0 Å². The van der Waals surface area contributed by atoms with Gasteiger partial charge in [0.05, 0.1) is 0 Å². The van der Waals surface area contributed by atoms with Crippen molar-refractivity contribution >= 4 is 0 Å². The molecule has 0 aromatic carbocycles. The molecule has 0 aromatic rings. The fraction of sp³-hybridized carbons (Fsp3) is 1.00. The topological polar surface area (TPSA) is 32.5 Å². The Kier molecular flexibility index (Phi) is 4.27. The summed E-state index contributed by atoms with van der Waals surface area (Å²) in [5.41, 5.74) is 7.34. The molecule has 0 amide bonds. The van der Waals surface area contributed by atoms with E-state index < -0.39 is 0 Å². The maximum Gasteiger partial charge on any atom is 0.0345 e. The first-order valence-corrected chi connectivity index (χ1v) is 8.25. The number of nitrogens with two attached hydrogens (primary N) is 1. The summed E-state index contributed by atoms with van der Waals surface area (Å²) in [6, 6.07) is 0.613. The Morgan fingerprint density at radius 2 is 1.55 bits per heavy atom. The highest BCUT2D eigenvalue weighted by Crippen LogP contribution is 2.52. The summed E-state index contributed by atoms with van der Waals surface area (Å²) in [6.45, 7) is 16.4. The standard InChI is InChI=1S/C17H35N3/c1-14-9-19(6)7-8-20(14)17(13-18)11-15(2,3)10-16(4,5)12-17/h14H,7-13,18H2,1-6H3. The first kappa shape index (κ1) is 16.3. The van der Waals surface area contributed by atoms with Gasteiger partial charge in [0, 0.05) is 37.8 Å². The number of hydrogen-bond donors (Lipinski definition) is 1. The molecule has 0 bridgehead atoms. The normalized spacial score (nSPS) is 34.0. The molecule has 20 heavy (non-hydrogen) atoms. The van der Waals surface area contributed by atoms with Crippen molar-refractivity contribution in [3.63, 3.8) is 0 Å². The van der Waals surface area contributed by atoms with Crippen LogP contribution in [0.1, 0.15) is 53.9 Å². The van der Waals surface area contributed by atoms with Crippen LogP contribution in [-0.4, -0.2) is 54.6 Å². The molecule has 0 spiro atoms. The fourth-order valence-corrected chi connectivity index (χ4v) is 5.57. The Bertz CT molecular complexity index is 332. The molecule has 1 atom stereocenters. The molecule has 0 radical (unpaired) electrons. The second-order valence-electron chi connectivity index (χ2n) is 9.09. The van der Waals surface area contributed by atoms with Gasteiger partial charge in [-0.15, -0.1) is 0 Å². The first-order valence-electron chi connectivity index (χ1n) is 8.25. The van der Waals surface area contributed by atoms with Crippen LogP contribution in [0.2, 0.25) is 0 Å². The Labute approximate surface area is 125 Å². The van der Waals surface area contributed by atoms with E-state index in [1.54, 1.807) is 0 Å². The van der Waals surface area contributed by atoms with Gasteiger partial charge in [-0.25, -0.2) is 0 Å². The van der Waals surface area contributed by atoms with Crippen molar-refractivity contribution in [2.24, 2.45) is 16.6 Å². The Balaban J connectivity index is 2.28. The SMILES string of the molecule is CC1CN(C)CCN1C1(CN)CC(C)(C)CC(C)(C)C1. The average molecular weight is 281 g/mol. The lowest BCUT2D eigenvalue weighted by atomic mass is 9.57. The van der Waals surface area contributed by atoms with Gasteiger partial charge in [-0.1, -0.05) is 27.7 Å². The quantitative estimate of drug-likeness (QED) is 0.844. The summed E-state index contributed by atoms with van der Waals surface area (Å²) >= 11 is 0. The number of likely N-dealkylation sites (N-methyl/N-ethyl adjacent to an activating group) is 1. The molecular formula is C17H35N3. The summed E-state index contributed by atoms with van der Waals surface area (Å²) in [6.07, 6.45) is 3.80. The van der Waals surface area contributed by atoms with Gasteiger partial charge in [-0.3, -0.25) is 4.90 Å². The summed E-state index contributed by atoms with van der Waals surface area (Å²) in [7, 11) is 2.23. The molecule has 3 nitrogen and oxygen atoms in total. The zero-order valence-electron chi connectivity index (χ0n) is 14.5. The monoisotopic (exact) mass is 281 g/mol. The van der Waals surface area contributed by atoms with E-state index in [4.69, 9.17) is 5.73 Å². The largest absolute Gasteiger partial charge is 0.329 e. The summed E-state index contributed by atoms with van der Waals surface area (Å²) in [5.74, 6) is 0. The third-order valence-corrected chi connectivity index (χ3v) is 5.39. The van der Waals surface area contributed by atoms with Crippen LogP contribution in [0.4, 0.5) is 0 Å². The van der Waals surface area contributed by atoms with Crippen LogP contribution in [-0.2, 0) is 0 Å². The number of hydrogen-bond acceptors (Lipinski definition) is 3. The Morgan fingerprint density at radius 1 is 1.00 bits per heavy atom. The third kappa shape index (κ3) is 3.20. The van der Waals surface area contributed by atoms with Gasteiger partial charge in [-0.2, -0.15) is 0 Å². The van der Waals surface area contributed by atoms with Crippen molar-refractivity contribution in [2.75, 3.05) is 33.2 Å². The number of nitrogens with zero attached hydrogens (tertiary/aromatic N) is 2. The molecule has 1 saturated heterocycles. The van der Waals surface area contributed by atoms with Crippen LogP contribution >= 0.6 is 0 Å². The van der Waals surface area contributed by atoms with E-state index in [0.717, 1.165) is 6.54 Å². The van der Waals surface area contributed by atoms with Crippen LogP contribution in [0.3, 0.4) is 0 Å². The van der Waals surface area contributed by atoms with Gasteiger partial charge in [0.15, 0.2) is 0 Å². The molecule has 1 saturated carbocycles. The molecule has 2 aliphatic rings. The van der Waals surface area contributed by atoms with E-state index in [1.807, 2.05) is 0 Å². The van der Waals surface area contributed by atoms with E-state index in [2.05, 4.69) is 51.5 Å². The highest BCUT2D eigenvalue weighted by atomic mass is 15.3. The Morgan fingerprint density at radius 3 is 2.00 bits per heavy atom. The molecule has 2 fully saturated rings. The number of rotatable bonds is 2. The molecule has 0 aromatic heterocycles. The second-order valence-corrected chi connectivity index (χ2v) is 9.09. The van der Waals surface area contributed by atoms with Gasteiger partial charge < -0.3 is 10.6 Å². The molecule has 1 unspecified atom stereocenters. The molecular weight excluding hydrogens is 246 g/mol. The molecule has 1 aliphatic carbocycles. The second kappa shape index (κ2) is 5.26.